The van der Waals surface area contributed by atoms with Gasteiger partial charge in [-0.15, -0.1) is 0 Å². The van der Waals surface area contributed by atoms with Crippen LogP contribution in [0.25, 0.3) is 11.1 Å². The summed E-state index contributed by atoms with van der Waals surface area (Å²) in [5.74, 6) is 0.328. The Bertz CT molecular complexity index is 1220. The number of benzene rings is 1. The fourth-order valence-corrected chi connectivity index (χ4v) is 4.24. The summed E-state index contributed by atoms with van der Waals surface area (Å²) in [7, 11) is 0. The van der Waals surface area contributed by atoms with Crippen molar-refractivity contribution in [3.63, 3.8) is 0 Å². The number of hydrogen-bond donors (Lipinski definition) is 3. The number of nitrogen functional groups attached to an aromatic ring is 1. The van der Waals surface area contributed by atoms with E-state index in [2.05, 4.69) is 56.3 Å². The van der Waals surface area contributed by atoms with Gasteiger partial charge in [-0.2, -0.15) is 0 Å². The zero-order valence-electron chi connectivity index (χ0n) is 21.0. The minimum absolute atomic E-state index is 0.0467. The van der Waals surface area contributed by atoms with Gasteiger partial charge < -0.3 is 25.7 Å². The van der Waals surface area contributed by atoms with E-state index in [4.69, 9.17) is 10.5 Å². The SMILES string of the molecule is CCc1ccc(-c2cn(CCCNc3ccc([N+](=O)[O-])c(N)n3)cc2NC(=O)CN2CCOCC2)cc1. The second-order valence-electron chi connectivity index (χ2n) is 8.95. The second kappa shape index (κ2) is 12.3. The quantitative estimate of drug-likeness (QED) is 0.204. The number of carbonyl (C=O) groups excluding carboxylic acids is 1. The minimum Gasteiger partial charge on any atom is -0.379 e. The molecule has 1 aromatic carbocycles. The Morgan fingerprint density at radius 3 is 2.59 bits per heavy atom. The first-order valence-electron chi connectivity index (χ1n) is 12.5. The number of nitrogens with two attached hydrogens (primary N) is 1. The molecule has 0 unspecified atom stereocenters. The topological polar surface area (TPSA) is 141 Å². The molecule has 4 rings (SSSR count). The zero-order chi connectivity index (χ0) is 26.2. The van der Waals surface area contributed by atoms with Gasteiger partial charge in [0.1, 0.15) is 5.82 Å². The molecule has 3 heterocycles. The van der Waals surface area contributed by atoms with E-state index in [1.165, 1.54) is 11.6 Å². The van der Waals surface area contributed by atoms with Gasteiger partial charge in [-0.1, -0.05) is 31.2 Å². The van der Waals surface area contributed by atoms with Crippen molar-refractivity contribution in [3.05, 3.63) is 64.5 Å². The highest BCUT2D eigenvalue weighted by atomic mass is 16.6. The van der Waals surface area contributed by atoms with Gasteiger partial charge in [-0.25, -0.2) is 4.98 Å². The Balaban J connectivity index is 1.41. The van der Waals surface area contributed by atoms with Gasteiger partial charge in [0.05, 0.1) is 30.4 Å². The number of ether oxygens (including phenoxy) is 1. The van der Waals surface area contributed by atoms with E-state index in [0.717, 1.165) is 42.7 Å². The van der Waals surface area contributed by atoms with Crippen LogP contribution in [0.15, 0.2) is 48.8 Å². The summed E-state index contributed by atoms with van der Waals surface area (Å²) in [5, 5.41) is 17.2. The summed E-state index contributed by atoms with van der Waals surface area (Å²) in [6.07, 6.45) is 5.74. The number of aromatic nitrogens is 2. The van der Waals surface area contributed by atoms with E-state index >= 15 is 0 Å². The molecule has 0 aliphatic carbocycles. The second-order valence-corrected chi connectivity index (χ2v) is 8.95. The van der Waals surface area contributed by atoms with Crippen molar-refractivity contribution >= 4 is 28.9 Å². The van der Waals surface area contributed by atoms with E-state index in [1.54, 1.807) is 6.07 Å². The van der Waals surface area contributed by atoms with E-state index in [1.807, 2.05) is 12.4 Å². The van der Waals surface area contributed by atoms with Crippen LogP contribution in [0.5, 0.6) is 0 Å². The molecule has 0 bridgehead atoms. The van der Waals surface area contributed by atoms with Crippen molar-refractivity contribution in [2.45, 2.75) is 26.3 Å². The van der Waals surface area contributed by atoms with Gasteiger partial charge in [0.2, 0.25) is 11.7 Å². The molecule has 1 amide bonds. The van der Waals surface area contributed by atoms with Crippen LogP contribution < -0.4 is 16.4 Å². The van der Waals surface area contributed by atoms with Crippen molar-refractivity contribution in [2.24, 2.45) is 0 Å². The number of pyridine rings is 1. The summed E-state index contributed by atoms with van der Waals surface area (Å²) in [5.41, 5.74) is 9.51. The monoisotopic (exact) mass is 507 g/mol. The Morgan fingerprint density at radius 1 is 1.16 bits per heavy atom. The summed E-state index contributed by atoms with van der Waals surface area (Å²) in [6.45, 7) is 6.55. The largest absolute Gasteiger partial charge is 0.379 e. The lowest BCUT2D eigenvalue weighted by Crippen LogP contribution is -2.41. The number of rotatable bonds is 11. The van der Waals surface area contributed by atoms with Gasteiger partial charge in [0.15, 0.2) is 0 Å². The van der Waals surface area contributed by atoms with Crippen molar-refractivity contribution < 1.29 is 14.5 Å². The number of anilines is 3. The molecule has 0 radical (unpaired) electrons. The Hall–Kier alpha value is -3.96. The van der Waals surface area contributed by atoms with Crippen molar-refractivity contribution in [2.75, 3.05) is 55.8 Å². The molecular weight excluding hydrogens is 474 g/mol. The Labute approximate surface area is 215 Å². The van der Waals surface area contributed by atoms with Gasteiger partial charge in [0, 0.05) is 50.2 Å². The van der Waals surface area contributed by atoms with Crippen LogP contribution in [0.3, 0.4) is 0 Å². The van der Waals surface area contributed by atoms with E-state index in [-0.39, 0.29) is 17.4 Å². The van der Waals surface area contributed by atoms with Crippen LogP contribution in [0.4, 0.5) is 23.0 Å². The average molecular weight is 508 g/mol. The molecule has 11 heteroatoms. The lowest BCUT2D eigenvalue weighted by molar-refractivity contribution is -0.384. The maximum absolute atomic E-state index is 12.8. The molecule has 3 aromatic rings. The van der Waals surface area contributed by atoms with E-state index in [0.29, 0.717) is 38.7 Å². The number of amides is 1. The highest BCUT2D eigenvalue weighted by molar-refractivity contribution is 5.96. The molecule has 0 atom stereocenters. The zero-order valence-corrected chi connectivity index (χ0v) is 21.0. The van der Waals surface area contributed by atoms with Crippen LogP contribution in [-0.2, 0) is 22.5 Å². The minimum atomic E-state index is -0.553. The number of nitro groups is 1. The standard InChI is InChI=1S/C26H33N7O4/c1-2-19-4-6-20(7-5-19)21-16-32(17-22(21)29-25(34)18-31-12-14-37-15-13-31)11-3-10-28-24-9-8-23(33(35)36)26(27)30-24/h4-9,16-17H,2-3,10-15,18H2,1H3,(H,29,34)(H3,27,28,30). The van der Waals surface area contributed by atoms with Crippen molar-refractivity contribution in [3.8, 4) is 11.1 Å². The van der Waals surface area contributed by atoms with Crippen LogP contribution in [-0.4, -0.2) is 64.7 Å². The molecule has 4 N–H and O–H groups in total. The van der Waals surface area contributed by atoms with Gasteiger partial charge in [-0.05, 0) is 30.0 Å². The fraction of sp³-hybridized carbons (Fsp3) is 0.385. The first-order valence-corrected chi connectivity index (χ1v) is 12.5. The number of hydrogen-bond acceptors (Lipinski definition) is 8. The van der Waals surface area contributed by atoms with Crippen molar-refractivity contribution in [1.82, 2.24) is 14.5 Å². The third-order valence-corrected chi connectivity index (χ3v) is 6.30. The number of morpholine rings is 1. The molecule has 1 aliphatic heterocycles. The molecule has 0 spiro atoms. The molecule has 1 aliphatic rings. The maximum Gasteiger partial charge on any atom is 0.311 e. The summed E-state index contributed by atoms with van der Waals surface area (Å²) in [4.78, 5) is 29.3. The first-order chi connectivity index (χ1) is 17.9. The normalized spacial score (nSPS) is 13.9. The van der Waals surface area contributed by atoms with Crippen molar-refractivity contribution in [1.29, 1.82) is 0 Å². The van der Waals surface area contributed by atoms with Gasteiger partial charge in [0.25, 0.3) is 0 Å². The van der Waals surface area contributed by atoms with Gasteiger partial charge >= 0.3 is 5.69 Å². The fourth-order valence-electron chi connectivity index (χ4n) is 4.24. The smallest absolute Gasteiger partial charge is 0.311 e. The van der Waals surface area contributed by atoms with E-state index < -0.39 is 4.92 Å². The lowest BCUT2D eigenvalue weighted by atomic mass is 10.0. The Morgan fingerprint density at radius 2 is 1.92 bits per heavy atom. The third kappa shape index (κ3) is 7.05. The first kappa shape index (κ1) is 26.1. The lowest BCUT2D eigenvalue weighted by Gasteiger charge is -2.25. The third-order valence-electron chi connectivity index (χ3n) is 6.30. The summed E-state index contributed by atoms with van der Waals surface area (Å²) in [6, 6.07) is 11.3. The molecule has 1 saturated heterocycles. The highest BCUT2D eigenvalue weighted by Gasteiger charge is 2.17. The van der Waals surface area contributed by atoms with Crippen LogP contribution in [0.2, 0.25) is 0 Å². The maximum atomic E-state index is 12.8. The Kier molecular flexibility index (Phi) is 8.70. The summed E-state index contributed by atoms with van der Waals surface area (Å²) >= 11 is 0. The number of nitrogens with one attached hydrogen (secondary N) is 2. The molecule has 2 aromatic heterocycles. The molecule has 0 saturated carbocycles. The van der Waals surface area contributed by atoms with Crippen LogP contribution in [0.1, 0.15) is 18.9 Å². The molecule has 196 valence electrons. The van der Waals surface area contributed by atoms with Crippen LogP contribution in [0, 0.1) is 10.1 Å². The number of aryl methyl sites for hydroxylation is 2. The number of nitrogens with zero attached hydrogens (tertiary/aromatic N) is 4. The van der Waals surface area contributed by atoms with Gasteiger partial charge in [-0.3, -0.25) is 19.8 Å². The molecular formula is C26H33N7O4. The molecule has 11 nitrogen and oxygen atoms in total. The van der Waals surface area contributed by atoms with Crippen LogP contribution >= 0.6 is 0 Å². The predicted molar refractivity (Wildman–Crippen MR) is 144 cm³/mol. The highest BCUT2D eigenvalue weighted by Crippen LogP contribution is 2.30. The summed E-state index contributed by atoms with van der Waals surface area (Å²) < 4.78 is 7.44. The predicted octanol–water partition coefficient (Wildman–Crippen LogP) is 3.38. The van der Waals surface area contributed by atoms with E-state index in [9.17, 15) is 14.9 Å². The number of carbonyl (C=O) groups is 1. The molecule has 1 fully saturated rings. The molecule has 37 heavy (non-hydrogen) atoms. The average Bonchev–Trinajstić information content (AvgIpc) is 3.29.